The molecule has 2 saturated carbocycles. The molecular formula is C34H46O16. The van der Waals surface area contributed by atoms with Crippen LogP contribution in [0.3, 0.4) is 0 Å². The summed E-state index contributed by atoms with van der Waals surface area (Å²) in [5, 5.41) is 64.8. The van der Waals surface area contributed by atoms with Crippen LogP contribution in [0.15, 0.2) is 23.5 Å². The van der Waals surface area contributed by atoms with Gasteiger partial charge in [0.25, 0.3) is 0 Å². The Labute approximate surface area is 287 Å². The molecule has 3 aliphatic carbocycles. The number of ether oxygens (including phenoxy) is 6. The van der Waals surface area contributed by atoms with Crippen LogP contribution in [0.25, 0.3) is 0 Å². The van der Waals surface area contributed by atoms with E-state index in [1.165, 1.54) is 12.2 Å². The van der Waals surface area contributed by atoms with Crippen LogP contribution in [0.2, 0.25) is 0 Å². The molecule has 16 nitrogen and oxygen atoms in total. The van der Waals surface area contributed by atoms with Crippen LogP contribution in [0.1, 0.15) is 41.0 Å². The molecule has 6 N–H and O–H groups in total. The molecule has 0 aromatic heterocycles. The Morgan fingerprint density at radius 2 is 1.74 bits per heavy atom. The fraction of sp³-hybridized carbons (Fsp3) is 0.765. The smallest absolute Gasteiger partial charge is 0.348 e. The van der Waals surface area contributed by atoms with Crippen LogP contribution in [0.4, 0.5) is 0 Å². The van der Waals surface area contributed by atoms with Gasteiger partial charge in [0, 0.05) is 22.8 Å². The summed E-state index contributed by atoms with van der Waals surface area (Å²) in [6.07, 6.45) is -12.3. The average molecular weight is 711 g/mol. The van der Waals surface area contributed by atoms with E-state index in [1.54, 1.807) is 20.8 Å². The number of ketones is 1. The lowest BCUT2D eigenvalue weighted by atomic mass is 9.37. The first-order valence-electron chi connectivity index (χ1n) is 16.8. The Hall–Kier alpha value is -2.96. The second-order valence-corrected chi connectivity index (χ2v) is 15.1. The van der Waals surface area contributed by atoms with Gasteiger partial charge in [-0.1, -0.05) is 33.3 Å². The predicted molar refractivity (Wildman–Crippen MR) is 164 cm³/mol. The number of esters is 3. The highest BCUT2D eigenvalue weighted by atomic mass is 16.7. The van der Waals surface area contributed by atoms with Crippen LogP contribution in [0, 0.1) is 40.4 Å². The van der Waals surface area contributed by atoms with Gasteiger partial charge in [-0.2, -0.15) is 0 Å². The molecule has 6 rings (SSSR count). The van der Waals surface area contributed by atoms with Gasteiger partial charge in [-0.25, -0.2) is 14.4 Å². The third kappa shape index (κ3) is 4.86. The summed E-state index contributed by atoms with van der Waals surface area (Å²) in [6, 6.07) is 0. The molecule has 1 spiro atoms. The minimum absolute atomic E-state index is 0.0391. The molecule has 16 heteroatoms. The van der Waals surface area contributed by atoms with Gasteiger partial charge in [0.2, 0.25) is 23.8 Å². The maximum atomic E-state index is 14.8. The summed E-state index contributed by atoms with van der Waals surface area (Å²) in [5.74, 6) is -7.99. The van der Waals surface area contributed by atoms with Crippen molar-refractivity contribution < 1.29 is 78.2 Å². The summed E-state index contributed by atoms with van der Waals surface area (Å²) >= 11 is 0. The van der Waals surface area contributed by atoms with Gasteiger partial charge >= 0.3 is 17.9 Å². The van der Waals surface area contributed by atoms with E-state index < -0.39 is 132 Å². The van der Waals surface area contributed by atoms with E-state index in [1.807, 2.05) is 13.8 Å². The molecule has 2 bridgehead atoms. The second kappa shape index (κ2) is 12.6. The first kappa shape index (κ1) is 36.8. The fourth-order valence-electron chi connectivity index (χ4n) is 9.71. The number of fused-ring (bicyclic) bond motifs is 2. The van der Waals surface area contributed by atoms with Crippen molar-refractivity contribution in [2.75, 3.05) is 20.3 Å². The van der Waals surface area contributed by atoms with Gasteiger partial charge in [-0.15, -0.1) is 0 Å². The number of aliphatic hydroxyl groups is 6. The monoisotopic (exact) mass is 710 g/mol. The standard InChI is InChI=1S/C34H46O16/c1-12(2)13(3)8-19(36)50-24-26-33-11-46-34(26,31(44)45-6)28(42)23(40)25(33)32(5)15(9-18(33)49-29(24)43)14(4)7-16(27(32)41)47-30-22(39)21(38)20(37)17(10-35)48-30/h7-8,12,14-15,17-18,20-26,28,30,35,37-40,42H,9-11H2,1-6H3/b13-8+. The highest BCUT2D eigenvalue weighted by Gasteiger charge is 2.86. The van der Waals surface area contributed by atoms with Gasteiger partial charge in [0.05, 0.1) is 32.3 Å². The molecule has 3 heterocycles. The molecule has 278 valence electrons. The zero-order chi connectivity index (χ0) is 36.8. The maximum absolute atomic E-state index is 14.8. The number of methoxy groups -OCH3 is 1. The van der Waals surface area contributed by atoms with E-state index in [0.717, 1.165) is 7.11 Å². The second-order valence-electron chi connectivity index (χ2n) is 15.1. The molecule has 5 fully saturated rings. The summed E-state index contributed by atoms with van der Waals surface area (Å²) in [6.45, 7) is 7.61. The van der Waals surface area contributed by atoms with Crippen LogP contribution in [-0.4, -0.2) is 135 Å². The van der Waals surface area contributed by atoms with Gasteiger partial charge in [0.15, 0.2) is 5.76 Å². The fourth-order valence-corrected chi connectivity index (χ4v) is 9.71. The van der Waals surface area contributed by atoms with Crippen molar-refractivity contribution in [2.24, 2.45) is 40.4 Å². The molecule has 0 aromatic rings. The van der Waals surface area contributed by atoms with Crippen molar-refractivity contribution in [3.05, 3.63) is 23.5 Å². The van der Waals surface area contributed by atoms with Crippen molar-refractivity contribution >= 4 is 23.7 Å². The van der Waals surface area contributed by atoms with Crippen LogP contribution >= 0.6 is 0 Å². The molecule has 3 saturated heterocycles. The number of aliphatic hydroxyl groups excluding tert-OH is 6. The highest BCUT2D eigenvalue weighted by molar-refractivity contribution is 6.00. The maximum Gasteiger partial charge on any atom is 0.348 e. The molecule has 50 heavy (non-hydrogen) atoms. The van der Waals surface area contributed by atoms with Crippen molar-refractivity contribution in [1.82, 2.24) is 0 Å². The quantitative estimate of drug-likeness (QED) is 0.0976. The number of rotatable bonds is 7. The molecule has 16 atom stereocenters. The third-order valence-corrected chi connectivity index (χ3v) is 12.4. The minimum atomic E-state index is -2.39. The predicted octanol–water partition coefficient (Wildman–Crippen LogP) is -1.73. The van der Waals surface area contributed by atoms with Crippen molar-refractivity contribution in [3.8, 4) is 0 Å². The molecule has 16 unspecified atom stereocenters. The van der Waals surface area contributed by atoms with Gasteiger partial charge in [0.1, 0.15) is 36.6 Å². The Kier molecular flexibility index (Phi) is 9.29. The van der Waals surface area contributed by atoms with E-state index in [9.17, 15) is 49.8 Å². The highest BCUT2D eigenvalue weighted by Crippen LogP contribution is 2.72. The Morgan fingerprint density at radius 3 is 2.36 bits per heavy atom. The Morgan fingerprint density at radius 1 is 1.06 bits per heavy atom. The minimum Gasteiger partial charge on any atom is -0.467 e. The first-order valence-corrected chi connectivity index (χ1v) is 16.8. The molecule has 3 aliphatic heterocycles. The number of Topliss-reactive ketones (excluding diaryl/α,β-unsaturated/α-hetero) is 1. The normalized spacial score (nSPS) is 48.2. The van der Waals surface area contributed by atoms with Crippen molar-refractivity contribution in [3.63, 3.8) is 0 Å². The zero-order valence-electron chi connectivity index (χ0n) is 28.6. The lowest BCUT2D eigenvalue weighted by molar-refractivity contribution is -0.297. The molecular weight excluding hydrogens is 664 g/mol. The summed E-state index contributed by atoms with van der Waals surface area (Å²) in [4.78, 5) is 55.4. The average Bonchev–Trinajstić information content (AvgIpc) is 3.38. The van der Waals surface area contributed by atoms with Gasteiger partial charge < -0.3 is 59.1 Å². The summed E-state index contributed by atoms with van der Waals surface area (Å²) in [5.41, 5.74) is -4.95. The molecule has 0 amide bonds. The zero-order valence-corrected chi connectivity index (χ0v) is 28.6. The third-order valence-electron chi connectivity index (χ3n) is 12.4. The lowest BCUT2D eigenvalue weighted by Crippen LogP contribution is -2.80. The number of hydrogen-bond donors (Lipinski definition) is 6. The topological polar surface area (TPSA) is 245 Å². The summed E-state index contributed by atoms with van der Waals surface area (Å²) < 4.78 is 34.3. The van der Waals surface area contributed by atoms with E-state index in [4.69, 9.17) is 28.4 Å². The lowest BCUT2D eigenvalue weighted by Gasteiger charge is -2.67. The van der Waals surface area contributed by atoms with Crippen LogP contribution in [-0.2, 0) is 47.6 Å². The van der Waals surface area contributed by atoms with Crippen LogP contribution < -0.4 is 0 Å². The molecule has 0 radical (unpaired) electrons. The van der Waals surface area contributed by atoms with Crippen molar-refractivity contribution in [1.29, 1.82) is 0 Å². The van der Waals surface area contributed by atoms with E-state index in [2.05, 4.69) is 0 Å². The van der Waals surface area contributed by atoms with E-state index in [0.29, 0.717) is 5.57 Å². The van der Waals surface area contributed by atoms with E-state index >= 15 is 0 Å². The molecule has 0 aromatic carbocycles. The van der Waals surface area contributed by atoms with Crippen molar-refractivity contribution in [2.45, 2.75) is 102 Å². The van der Waals surface area contributed by atoms with E-state index in [-0.39, 0.29) is 18.1 Å². The number of allylic oxidation sites excluding steroid dienone is 3. The van der Waals surface area contributed by atoms with Gasteiger partial charge in [-0.05, 0) is 37.2 Å². The number of hydrogen-bond acceptors (Lipinski definition) is 16. The van der Waals surface area contributed by atoms with Crippen LogP contribution in [0.5, 0.6) is 0 Å². The number of carbonyl (C=O) groups excluding carboxylic acids is 4. The Balaban J connectivity index is 1.45. The summed E-state index contributed by atoms with van der Waals surface area (Å²) in [7, 11) is 1.04. The largest absolute Gasteiger partial charge is 0.467 e. The Bertz CT molecular complexity index is 1490. The SMILES string of the molecule is COC(=O)C12OCC34C(CC5C(C)C=C(OC6OC(CO)C(O)C(O)C6O)C(=O)C5(C)C3C(O)C1O)OC(=O)C(OC(=O)/C=C(\C)C(C)C)C24. The first-order chi connectivity index (χ1) is 23.4. The number of carbonyl (C=O) groups is 4. The van der Waals surface area contributed by atoms with Gasteiger partial charge in [-0.3, -0.25) is 4.79 Å². The molecule has 6 aliphatic rings.